The van der Waals surface area contributed by atoms with Crippen LogP contribution in [-0.2, 0) is 14.4 Å². The molecule has 1 atom stereocenters. The number of ketones is 1. The Labute approximate surface area is 166 Å². The molecule has 0 fully saturated rings. The predicted molar refractivity (Wildman–Crippen MR) is 99.1 cm³/mol. The number of carbonyl (C=O) groups is 4. The fraction of sp³-hybridized carbons (Fsp3) is 0.238. The normalized spacial score (nSPS) is 15.0. The average Bonchev–Trinajstić information content (AvgIpc) is 2.61. The van der Waals surface area contributed by atoms with Crippen LogP contribution in [0, 0.1) is 0 Å². The van der Waals surface area contributed by atoms with E-state index in [1.54, 1.807) is 12.1 Å². The number of ether oxygens (including phenoxy) is 4. The fourth-order valence-electron chi connectivity index (χ4n) is 2.92. The molecule has 8 nitrogen and oxygen atoms in total. The van der Waals surface area contributed by atoms with Crippen molar-refractivity contribution in [3.05, 3.63) is 47.5 Å². The van der Waals surface area contributed by atoms with Crippen LogP contribution in [-0.4, -0.2) is 23.7 Å². The molecule has 0 N–H and O–H groups in total. The van der Waals surface area contributed by atoms with Gasteiger partial charge in [0.1, 0.15) is 17.6 Å². The second kappa shape index (κ2) is 8.14. The molecule has 29 heavy (non-hydrogen) atoms. The van der Waals surface area contributed by atoms with Gasteiger partial charge in [-0.05, 0) is 29.8 Å². The molecule has 0 bridgehead atoms. The Balaban J connectivity index is 1.93. The first-order valence-corrected chi connectivity index (χ1v) is 8.76. The summed E-state index contributed by atoms with van der Waals surface area (Å²) in [5, 5.41) is 0. The highest BCUT2D eigenvalue weighted by molar-refractivity contribution is 6.00. The van der Waals surface area contributed by atoms with Gasteiger partial charge >= 0.3 is 17.9 Å². The van der Waals surface area contributed by atoms with Crippen LogP contribution < -0.4 is 18.9 Å². The van der Waals surface area contributed by atoms with Crippen molar-refractivity contribution in [2.75, 3.05) is 0 Å². The molecule has 2 aromatic rings. The summed E-state index contributed by atoms with van der Waals surface area (Å²) in [5.41, 5.74) is 0.933. The van der Waals surface area contributed by atoms with Gasteiger partial charge in [0.25, 0.3) is 0 Å². The number of fused-ring (bicyclic) bond motifs is 1. The first kappa shape index (κ1) is 20.1. The average molecular weight is 398 g/mol. The molecule has 0 saturated carbocycles. The number of Topliss-reactive ketones (excluding diaryl/α,β-unsaturated/α-hetero) is 1. The number of hydrogen-bond acceptors (Lipinski definition) is 8. The lowest BCUT2D eigenvalue weighted by atomic mass is 9.96. The Morgan fingerprint density at radius 2 is 1.52 bits per heavy atom. The summed E-state index contributed by atoms with van der Waals surface area (Å²) in [4.78, 5) is 46.3. The molecular weight excluding hydrogens is 380 g/mol. The smallest absolute Gasteiger partial charge is 0.308 e. The van der Waals surface area contributed by atoms with Crippen molar-refractivity contribution in [1.82, 2.24) is 0 Å². The molecular formula is C21H18O8. The molecule has 0 radical (unpaired) electrons. The standard InChI is InChI=1S/C21H18O8/c1-11(22)26-15-5-6-16-17(25)10-19(29-20(16)9-15)14-4-7-18(27-12(2)23)21(8-14)28-13(3)24/h4-9,19H,10H2,1-3H3. The van der Waals surface area contributed by atoms with Crippen molar-refractivity contribution < 1.29 is 38.1 Å². The molecule has 150 valence electrons. The van der Waals surface area contributed by atoms with Gasteiger partial charge in [-0.25, -0.2) is 0 Å². The minimum atomic E-state index is -0.664. The summed E-state index contributed by atoms with van der Waals surface area (Å²) in [7, 11) is 0. The van der Waals surface area contributed by atoms with Crippen molar-refractivity contribution in [2.45, 2.75) is 33.3 Å². The molecule has 3 rings (SSSR count). The molecule has 1 unspecified atom stereocenters. The molecule has 2 aromatic carbocycles. The van der Waals surface area contributed by atoms with Crippen molar-refractivity contribution in [3.8, 4) is 23.0 Å². The molecule has 1 aliphatic rings. The van der Waals surface area contributed by atoms with E-state index >= 15 is 0 Å². The van der Waals surface area contributed by atoms with Crippen LogP contribution in [0.15, 0.2) is 36.4 Å². The van der Waals surface area contributed by atoms with Crippen molar-refractivity contribution in [2.24, 2.45) is 0 Å². The Morgan fingerprint density at radius 1 is 0.862 bits per heavy atom. The van der Waals surface area contributed by atoms with Gasteiger partial charge in [0.2, 0.25) is 0 Å². The molecule has 0 aliphatic carbocycles. The van der Waals surface area contributed by atoms with E-state index in [1.807, 2.05) is 0 Å². The second-order valence-electron chi connectivity index (χ2n) is 6.38. The topological polar surface area (TPSA) is 105 Å². The van der Waals surface area contributed by atoms with Gasteiger partial charge in [-0.3, -0.25) is 19.2 Å². The maximum Gasteiger partial charge on any atom is 0.308 e. The van der Waals surface area contributed by atoms with Crippen LogP contribution in [0.25, 0.3) is 0 Å². The number of hydrogen-bond donors (Lipinski definition) is 0. The van der Waals surface area contributed by atoms with Crippen LogP contribution in [0.2, 0.25) is 0 Å². The third-order valence-electron chi connectivity index (χ3n) is 4.00. The summed E-state index contributed by atoms with van der Waals surface area (Å²) >= 11 is 0. The van der Waals surface area contributed by atoms with Crippen molar-refractivity contribution in [1.29, 1.82) is 0 Å². The van der Waals surface area contributed by atoms with Gasteiger partial charge < -0.3 is 18.9 Å². The minimum Gasteiger partial charge on any atom is -0.484 e. The van der Waals surface area contributed by atoms with Crippen LogP contribution in [0.3, 0.4) is 0 Å². The van der Waals surface area contributed by atoms with Crippen LogP contribution in [0.1, 0.15) is 49.2 Å². The summed E-state index contributed by atoms with van der Waals surface area (Å²) < 4.78 is 21.1. The molecule has 8 heteroatoms. The van der Waals surface area contributed by atoms with E-state index in [0.717, 1.165) is 0 Å². The largest absolute Gasteiger partial charge is 0.484 e. The number of carbonyl (C=O) groups excluding carboxylic acids is 4. The van der Waals surface area contributed by atoms with E-state index in [4.69, 9.17) is 18.9 Å². The van der Waals surface area contributed by atoms with Crippen molar-refractivity contribution in [3.63, 3.8) is 0 Å². The first-order valence-electron chi connectivity index (χ1n) is 8.76. The summed E-state index contributed by atoms with van der Waals surface area (Å²) in [6, 6.07) is 9.10. The SMILES string of the molecule is CC(=O)Oc1ccc2c(c1)OC(c1ccc(OC(C)=O)c(OC(C)=O)c1)CC2=O. The van der Waals surface area contributed by atoms with Crippen molar-refractivity contribution >= 4 is 23.7 Å². The molecule has 0 saturated heterocycles. The monoisotopic (exact) mass is 398 g/mol. The number of esters is 3. The van der Waals surface area contributed by atoms with Gasteiger partial charge in [-0.15, -0.1) is 0 Å². The van der Waals surface area contributed by atoms with Gasteiger partial charge in [0.15, 0.2) is 17.3 Å². The zero-order chi connectivity index (χ0) is 21.1. The molecule has 0 aromatic heterocycles. The number of rotatable bonds is 4. The third-order valence-corrected chi connectivity index (χ3v) is 4.00. The van der Waals surface area contributed by atoms with E-state index < -0.39 is 24.0 Å². The Morgan fingerprint density at radius 3 is 2.17 bits per heavy atom. The zero-order valence-corrected chi connectivity index (χ0v) is 16.0. The summed E-state index contributed by atoms with van der Waals surface area (Å²) in [5.74, 6) is -1.13. The molecule has 0 amide bonds. The molecule has 1 heterocycles. The van der Waals surface area contributed by atoms with Crippen LogP contribution in [0.5, 0.6) is 23.0 Å². The third kappa shape index (κ3) is 4.78. The van der Waals surface area contributed by atoms with E-state index in [9.17, 15) is 19.2 Å². The molecule has 0 spiro atoms. The summed E-state index contributed by atoms with van der Waals surface area (Å²) in [6.45, 7) is 3.72. The predicted octanol–water partition coefficient (Wildman–Crippen LogP) is 3.17. The van der Waals surface area contributed by atoms with Gasteiger partial charge in [-0.2, -0.15) is 0 Å². The van der Waals surface area contributed by atoms with Crippen LogP contribution >= 0.6 is 0 Å². The van der Waals surface area contributed by atoms with E-state index in [1.165, 1.54) is 45.0 Å². The zero-order valence-electron chi connectivity index (χ0n) is 16.0. The highest BCUT2D eigenvalue weighted by atomic mass is 16.6. The number of benzene rings is 2. The lowest BCUT2D eigenvalue weighted by molar-refractivity contribution is -0.134. The second-order valence-corrected chi connectivity index (χ2v) is 6.38. The fourth-order valence-corrected chi connectivity index (χ4v) is 2.92. The Hall–Kier alpha value is -3.68. The highest BCUT2D eigenvalue weighted by Crippen LogP contribution is 2.39. The summed E-state index contributed by atoms with van der Waals surface area (Å²) in [6.07, 6.45) is -0.602. The van der Waals surface area contributed by atoms with Gasteiger partial charge in [0.05, 0.1) is 12.0 Å². The maximum atomic E-state index is 12.5. The lowest BCUT2D eigenvalue weighted by Gasteiger charge is -2.26. The van der Waals surface area contributed by atoms with E-state index in [-0.39, 0.29) is 35.2 Å². The van der Waals surface area contributed by atoms with Crippen LogP contribution in [0.4, 0.5) is 0 Å². The Bertz CT molecular complexity index is 1010. The van der Waals surface area contributed by atoms with Gasteiger partial charge in [-0.1, -0.05) is 6.07 Å². The minimum absolute atomic E-state index is 0.0423. The highest BCUT2D eigenvalue weighted by Gasteiger charge is 2.29. The lowest BCUT2D eigenvalue weighted by Crippen LogP contribution is -2.20. The van der Waals surface area contributed by atoms with E-state index in [2.05, 4.69) is 0 Å². The Kier molecular flexibility index (Phi) is 5.63. The maximum absolute atomic E-state index is 12.5. The van der Waals surface area contributed by atoms with Gasteiger partial charge in [0, 0.05) is 26.8 Å². The molecule has 1 aliphatic heterocycles. The first-order chi connectivity index (χ1) is 13.7. The quantitative estimate of drug-likeness (QED) is 0.571. The van der Waals surface area contributed by atoms with E-state index in [0.29, 0.717) is 11.1 Å².